The van der Waals surface area contributed by atoms with Gasteiger partial charge in [-0.2, -0.15) is 8.78 Å². The normalized spacial score (nSPS) is 22.4. The number of aromatic nitrogens is 1. The van der Waals surface area contributed by atoms with Gasteiger partial charge in [-0.05, 0) is 44.4 Å². The lowest BCUT2D eigenvalue weighted by atomic mass is 9.99. The van der Waals surface area contributed by atoms with Crippen LogP contribution in [0.15, 0.2) is 54.0 Å². The van der Waals surface area contributed by atoms with Gasteiger partial charge in [-0.3, -0.25) is 4.79 Å². The number of rotatable bonds is 7. The van der Waals surface area contributed by atoms with Crippen LogP contribution in [-0.2, 0) is 26.1 Å². The first-order valence-electron chi connectivity index (χ1n) is 10.2. The molecule has 1 fully saturated rings. The first-order chi connectivity index (χ1) is 15.0. The summed E-state index contributed by atoms with van der Waals surface area (Å²) < 4.78 is 56.8. The number of carbonyl (C=O) groups excluding carboxylic acids is 1. The zero-order valence-electron chi connectivity index (χ0n) is 17.6. The lowest BCUT2D eigenvalue weighted by molar-refractivity contribution is -0.125. The van der Waals surface area contributed by atoms with Gasteiger partial charge in [0.1, 0.15) is 0 Å². The quantitative estimate of drug-likeness (QED) is 0.644. The molecule has 7 nitrogen and oxygen atoms in total. The topological polar surface area (TPSA) is 97.6 Å². The van der Waals surface area contributed by atoms with Gasteiger partial charge in [0.2, 0.25) is 5.91 Å². The molecule has 0 bridgehead atoms. The third kappa shape index (κ3) is 3.56. The highest BCUT2D eigenvalue weighted by Crippen LogP contribution is 2.45. The summed E-state index contributed by atoms with van der Waals surface area (Å²) in [4.78, 5) is 12.4. The number of ether oxygens (including phenoxy) is 1. The van der Waals surface area contributed by atoms with Gasteiger partial charge in [0, 0.05) is 10.8 Å². The Hall–Kier alpha value is -2.88. The van der Waals surface area contributed by atoms with E-state index < -0.39 is 38.3 Å². The average Bonchev–Trinajstić information content (AvgIpc) is 3.37. The van der Waals surface area contributed by atoms with Crippen molar-refractivity contribution in [2.45, 2.75) is 51.0 Å². The lowest BCUT2D eigenvalue weighted by Crippen LogP contribution is -2.44. The number of aliphatic hydroxyl groups is 1. The molecule has 1 aromatic carbocycles. The molecule has 4 rings (SSSR count). The van der Waals surface area contributed by atoms with Crippen LogP contribution >= 0.6 is 0 Å². The number of allylic oxidation sites excluding steroid dienone is 2. The molecule has 0 spiro atoms. The minimum absolute atomic E-state index is 0.0425. The monoisotopic (exact) mass is 466 g/mol. The molecule has 1 amide bonds. The second kappa shape index (κ2) is 7.61. The van der Waals surface area contributed by atoms with Crippen LogP contribution < -0.4 is 5.32 Å². The Kier molecular flexibility index (Phi) is 5.31. The summed E-state index contributed by atoms with van der Waals surface area (Å²) in [5.74, 6) is -1.54. The van der Waals surface area contributed by atoms with Crippen molar-refractivity contribution in [3.05, 3.63) is 59.7 Å². The Labute approximate surface area is 184 Å². The second-order valence-electron chi connectivity index (χ2n) is 8.64. The van der Waals surface area contributed by atoms with E-state index >= 15 is 0 Å². The predicted molar refractivity (Wildman–Crippen MR) is 114 cm³/mol. The van der Waals surface area contributed by atoms with E-state index in [1.54, 1.807) is 30.3 Å². The number of amides is 1. The number of nitrogens with one attached hydrogen (secondary N) is 1. The molecular weight excluding hydrogens is 442 g/mol. The molecule has 0 radical (unpaired) electrons. The fourth-order valence-corrected chi connectivity index (χ4v) is 5.75. The number of carbonyl (C=O) groups is 1. The van der Waals surface area contributed by atoms with E-state index in [-0.39, 0.29) is 18.9 Å². The average molecular weight is 467 g/mol. The van der Waals surface area contributed by atoms with Crippen LogP contribution in [0.2, 0.25) is 0 Å². The zero-order chi connectivity index (χ0) is 23.3. The van der Waals surface area contributed by atoms with Crippen molar-refractivity contribution in [2.75, 3.05) is 0 Å². The van der Waals surface area contributed by atoms with Gasteiger partial charge in [0.05, 0.1) is 17.8 Å². The molecule has 32 heavy (non-hydrogen) atoms. The number of para-hydroxylation sites is 1. The van der Waals surface area contributed by atoms with E-state index in [1.165, 1.54) is 13.0 Å². The molecule has 1 heterocycles. The highest BCUT2D eigenvalue weighted by molar-refractivity contribution is 7.91. The molecule has 2 N–H and O–H groups in total. The summed E-state index contributed by atoms with van der Waals surface area (Å²) in [5, 5.41) is 14.1. The molecular formula is C22H24F2N2O5S. The van der Waals surface area contributed by atoms with Crippen molar-refractivity contribution in [1.82, 2.24) is 9.29 Å². The van der Waals surface area contributed by atoms with Crippen molar-refractivity contribution < 1.29 is 31.8 Å². The number of nitrogens with zero attached hydrogens (tertiary/aromatic N) is 1. The van der Waals surface area contributed by atoms with Crippen molar-refractivity contribution >= 4 is 26.8 Å². The standard InChI is InChI=1S/C22H24F2N2O5S/c1-21(10-11-21)19(28)25-13-15-12-14-6-3-4-7-16(14)26(15)32(29,30)22(2)9-5-8-17(18(22)27)31-20(23)24/h3-8,12,20,27H,9-11,13H2,1-2H3,(H,25,28). The van der Waals surface area contributed by atoms with Gasteiger partial charge in [0.15, 0.2) is 16.3 Å². The number of fused-ring (bicyclic) bond motifs is 1. The van der Waals surface area contributed by atoms with Crippen molar-refractivity contribution in [2.24, 2.45) is 5.41 Å². The van der Waals surface area contributed by atoms with E-state index in [0.29, 0.717) is 16.6 Å². The highest BCUT2D eigenvalue weighted by atomic mass is 32.2. The van der Waals surface area contributed by atoms with Gasteiger partial charge in [-0.25, -0.2) is 12.4 Å². The van der Waals surface area contributed by atoms with Gasteiger partial charge < -0.3 is 15.2 Å². The Morgan fingerprint density at radius 3 is 2.62 bits per heavy atom. The second-order valence-corrected chi connectivity index (χ2v) is 10.9. The largest absolute Gasteiger partial charge is 0.507 e. The molecule has 2 aromatic rings. The number of alkyl halides is 2. The van der Waals surface area contributed by atoms with Crippen LogP contribution in [0.5, 0.6) is 0 Å². The third-order valence-corrected chi connectivity index (χ3v) is 8.66. The molecule has 0 aliphatic heterocycles. The Balaban J connectivity index is 1.80. The van der Waals surface area contributed by atoms with Crippen LogP contribution in [0.1, 0.15) is 38.8 Å². The molecule has 0 saturated heterocycles. The number of halogens is 2. The van der Waals surface area contributed by atoms with Gasteiger partial charge in [0.25, 0.3) is 10.0 Å². The SMILES string of the molecule is CC1(C(=O)NCc2cc3ccccc3n2S(=O)(=O)C2(C)CC=CC(OC(F)F)=C2O)CC1. The van der Waals surface area contributed by atoms with Gasteiger partial charge in [-0.15, -0.1) is 0 Å². The molecule has 10 heteroatoms. The molecule has 1 saturated carbocycles. The predicted octanol–water partition coefficient (Wildman–Crippen LogP) is 3.96. The van der Waals surface area contributed by atoms with Crippen LogP contribution in [-0.4, -0.2) is 34.8 Å². The maximum atomic E-state index is 13.9. The molecule has 2 aliphatic rings. The fourth-order valence-electron chi connectivity index (χ4n) is 3.84. The first-order valence-corrected chi connectivity index (χ1v) is 11.6. The van der Waals surface area contributed by atoms with Gasteiger partial charge in [-0.1, -0.05) is 31.2 Å². The number of aliphatic hydroxyl groups excluding tert-OH is 1. The summed E-state index contributed by atoms with van der Waals surface area (Å²) in [6.45, 7) is -0.154. The molecule has 1 atom stereocenters. The van der Waals surface area contributed by atoms with Crippen molar-refractivity contribution in [1.29, 1.82) is 0 Å². The number of benzene rings is 1. The van der Waals surface area contributed by atoms with Crippen molar-refractivity contribution in [3.8, 4) is 0 Å². The maximum Gasteiger partial charge on any atom is 0.387 e. The summed E-state index contributed by atoms with van der Waals surface area (Å²) in [6.07, 6.45) is 3.90. The van der Waals surface area contributed by atoms with E-state index in [0.717, 1.165) is 22.9 Å². The zero-order valence-corrected chi connectivity index (χ0v) is 18.5. The van der Waals surface area contributed by atoms with Crippen LogP contribution in [0.4, 0.5) is 8.78 Å². The summed E-state index contributed by atoms with van der Waals surface area (Å²) >= 11 is 0. The molecule has 2 aliphatic carbocycles. The Morgan fingerprint density at radius 1 is 1.28 bits per heavy atom. The van der Waals surface area contributed by atoms with E-state index in [4.69, 9.17) is 0 Å². The number of hydrogen-bond acceptors (Lipinski definition) is 5. The summed E-state index contributed by atoms with van der Waals surface area (Å²) in [5.41, 5.74) is 0.219. The minimum Gasteiger partial charge on any atom is -0.507 e. The first kappa shape index (κ1) is 22.3. The lowest BCUT2D eigenvalue weighted by Gasteiger charge is -2.32. The minimum atomic E-state index is -4.38. The highest BCUT2D eigenvalue weighted by Gasteiger charge is 2.49. The van der Waals surface area contributed by atoms with E-state index in [2.05, 4.69) is 10.1 Å². The number of hydrogen-bond donors (Lipinski definition) is 2. The summed E-state index contributed by atoms with van der Waals surface area (Å²) in [6, 6.07) is 8.43. The third-order valence-electron chi connectivity index (χ3n) is 6.25. The van der Waals surface area contributed by atoms with Crippen LogP contribution in [0.3, 0.4) is 0 Å². The Morgan fingerprint density at radius 2 is 1.97 bits per heavy atom. The van der Waals surface area contributed by atoms with Crippen LogP contribution in [0.25, 0.3) is 10.9 Å². The smallest absolute Gasteiger partial charge is 0.387 e. The fraction of sp³-hybridized carbons (Fsp3) is 0.409. The van der Waals surface area contributed by atoms with Crippen molar-refractivity contribution in [3.63, 3.8) is 0 Å². The van der Waals surface area contributed by atoms with Crippen LogP contribution in [0, 0.1) is 5.41 Å². The molecule has 1 unspecified atom stereocenters. The Bertz CT molecular complexity index is 1240. The van der Waals surface area contributed by atoms with E-state index in [9.17, 15) is 27.1 Å². The molecule has 172 valence electrons. The summed E-state index contributed by atoms with van der Waals surface area (Å²) in [7, 11) is -4.38. The van der Waals surface area contributed by atoms with Gasteiger partial charge >= 0.3 is 6.61 Å². The van der Waals surface area contributed by atoms with E-state index in [1.807, 2.05) is 6.92 Å². The maximum absolute atomic E-state index is 13.9. The molecule has 1 aromatic heterocycles.